The Kier molecular flexibility index (Phi) is 4.65. The van der Waals surface area contributed by atoms with Crippen molar-refractivity contribution in [1.29, 1.82) is 0 Å². The number of pyridine rings is 1. The number of aromatic nitrogens is 1. The van der Waals surface area contributed by atoms with Crippen LogP contribution < -0.4 is 5.32 Å². The van der Waals surface area contributed by atoms with Gasteiger partial charge in [0.2, 0.25) is 0 Å². The van der Waals surface area contributed by atoms with Crippen LogP contribution in [0, 0.1) is 0 Å². The Balaban J connectivity index is 1.88. The van der Waals surface area contributed by atoms with Crippen molar-refractivity contribution in [3.8, 4) is 0 Å². The van der Waals surface area contributed by atoms with Gasteiger partial charge in [-0.05, 0) is 18.7 Å². The molecule has 1 aliphatic rings. The lowest BCUT2D eigenvalue weighted by Crippen LogP contribution is -2.37. The molecule has 0 saturated carbocycles. The molecule has 1 fully saturated rings. The van der Waals surface area contributed by atoms with Gasteiger partial charge in [0.05, 0.1) is 5.69 Å². The van der Waals surface area contributed by atoms with E-state index in [1.165, 1.54) is 5.56 Å². The van der Waals surface area contributed by atoms with Crippen molar-refractivity contribution in [3.63, 3.8) is 0 Å². The first-order valence-corrected chi connectivity index (χ1v) is 7.42. The normalized spacial score (nSPS) is 18.4. The predicted molar refractivity (Wildman–Crippen MR) is 70.2 cm³/mol. The molecule has 94 valence electrons. The predicted octanol–water partition coefficient (Wildman–Crippen LogP) is 0.365. The van der Waals surface area contributed by atoms with Gasteiger partial charge >= 0.3 is 0 Å². The van der Waals surface area contributed by atoms with Crippen molar-refractivity contribution in [1.82, 2.24) is 15.2 Å². The lowest BCUT2D eigenvalue weighted by Gasteiger charge is -2.25. The van der Waals surface area contributed by atoms with Crippen LogP contribution in [0.1, 0.15) is 11.3 Å². The van der Waals surface area contributed by atoms with Crippen molar-refractivity contribution in [2.45, 2.75) is 13.1 Å². The molecule has 4 nitrogen and oxygen atoms in total. The molecule has 0 amide bonds. The van der Waals surface area contributed by atoms with Gasteiger partial charge in [-0.2, -0.15) is 0 Å². The molecule has 0 radical (unpaired) electrons. The minimum atomic E-state index is -0.596. The average molecular weight is 253 g/mol. The molecular formula is C12H19N3OS. The molecule has 1 saturated heterocycles. The molecule has 0 aromatic carbocycles. The molecule has 1 aliphatic heterocycles. The van der Waals surface area contributed by atoms with E-state index >= 15 is 0 Å². The second kappa shape index (κ2) is 6.23. The molecule has 0 spiro atoms. The summed E-state index contributed by atoms with van der Waals surface area (Å²) in [6.07, 6.45) is 1.92. The number of hydrogen-bond donors (Lipinski definition) is 1. The molecule has 1 aromatic rings. The fourth-order valence-corrected chi connectivity index (χ4v) is 3.05. The average Bonchev–Trinajstić information content (AvgIpc) is 2.35. The van der Waals surface area contributed by atoms with Gasteiger partial charge in [-0.1, -0.05) is 6.07 Å². The lowest BCUT2D eigenvalue weighted by molar-refractivity contribution is 0.288. The number of nitrogens with zero attached hydrogens (tertiary/aromatic N) is 2. The van der Waals surface area contributed by atoms with E-state index in [0.717, 1.165) is 43.4 Å². The standard InChI is InChI=1S/C12H19N3OS/c1-13-8-11-2-3-12(14-9-11)10-15-4-6-17(16)7-5-15/h2-3,9,13H,4-8,10H2,1H3. The second-order valence-electron chi connectivity index (χ2n) is 4.31. The Morgan fingerprint density at radius 3 is 2.76 bits per heavy atom. The molecular weight excluding hydrogens is 234 g/mol. The first-order chi connectivity index (χ1) is 8.28. The Morgan fingerprint density at radius 2 is 2.18 bits per heavy atom. The topological polar surface area (TPSA) is 45.2 Å². The maximum Gasteiger partial charge on any atom is 0.0544 e. The summed E-state index contributed by atoms with van der Waals surface area (Å²) in [5.41, 5.74) is 2.30. The van der Waals surface area contributed by atoms with Crippen LogP contribution in [0.15, 0.2) is 18.3 Å². The van der Waals surface area contributed by atoms with E-state index in [1.54, 1.807) is 0 Å². The van der Waals surface area contributed by atoms with Crippen molar-refractivity contribution in [3.05, 3.63) is 29.6 Å². The van der Waals surface area contributed by atoms with Crippen LogP contribution in [0.2, 0.25) is 0 Å². The first kappa shape index (κ1) is 12.7. The highest BCUT2D eigenvalue weighted by Gasteiger charge is 2.15. The third-order valence-corrected chi connectivity index (χ3v) is 4.20. The van der Waals surface area contributed by atoms with E-state index in [9.17, 15) is 4.21 Å². The Bertz CT molecular complexity index is 370. The zero-order valence-electron chi connectivity index (χ0n) is 10.2. The molecule has 2 heterocycles. The molecule has 0 atom stereocenters. The molecule has 1 aromatic heterocycles. The lowest BCUT2D eigenvalue weighted by atomic mass is 10.2. The minimum Gasteiger partial charge on any atom is -0.316 e. The summed E-state index contributed by atoms with van der Waals surface area (Å²) >= 11 is 0. The summed E-state index contributed by atoms with van der Waals surface area (Å²) in [4.78, 5) is 6.77. The van der Waals surface area contributed by atoms with Crippen LogP contribution in [0.5, 0.6) is 0 Å². The van der Waals surface area contributed by atoms with Gasteiger partial charge in [0.25, 0.3) is 0 Å². The van der Waals surface area contributed by atoms with E-state index in [1.807, 2.05) is 13.2 Å². The molecule has 0 unspecified atom stereocenters. The van der Waals surface area contributed by atoms with Crippen LogP contribution in [0.25, 0.3) is 0 Å². The van der Waals surface area contributed by atoms with Crippen LogP contribution in [0.3, 0.4) is 0 Å². The van der Waals surface area contributed by atoms with Gasteiger partial charge in [-0.15, -0.1) is 0 Å². The van der Waals surface area contributed by atoms with Gasteiger partial charge in [-0.25, -0.2) is 0 Å². The van der Waals surface area contributed by atoms with Crippen molar-refractivity contribution in [2.24, 2.45) is 0 Å². The van der Waals surface area contributed by atoms with Gasteiger partial charge < -0.3 is 5.32 Å². The second-order valence-corrected chi connectivity index (χ2v) is 6.01. The third-order valence-electron chi connectivity index (χ3n) is 2.92. The van der Waals surface area contributed by atoms with Crippen molar-refractivity contribution in [2.75, 3.05) is 31.6 Å². The fourth-order valence-electron chi connectivity index (χ4n) is 1.92. The number of hydrogen-bond acceptors (Lipinski definition) is 4. The van der Waals surface area contributed by atoms with E-state index in [2.05, 4.69) is 27.3 Å². The first-order valence-electron chi connectivity index (χ1n) is 5.93. The number of nitrogens with one attached hydrogen (secondary N) is 1. The van der Waals surface area contributed by atoms with E-state index in [-0.39, 0.29) is 0 Å². The van der Waals surface area contributed by atoms with Gasteiger partial charge in [0.1, 0.15) is 0 Å². The third kappa shape index (κ3) is 3.87. The quantitative estimate of drug-likeness (QED) is 0.842. The van der Waals surface area contributed by atoms with Crippen LogP contribution in [0.4, 0.5) is 0 Å². The zero-order valence-corrected chi connectivity index (χ0v) is 11.0. The minimum absolute atomic E-state index is 0.596. The highest BCUT2D eigenvalue weighted by atomic mass is 32.2. The van der Waals surface area contributed by atoms with Crippen LogP contribution in [-0.2, 0) is 23.9 Å². The summed E-state index contributed by atoms with van der Waals surface area (Å²) in [6.45, 7) is 3.58. The van der Waals surface area contributed by atoms with E-state index in [0.29, 0.717) is 0 Å². The Hall–Kier alpha value is -0.780. The Morgan fingerprint density at radius 1 is 1.41 bits per heavy atom. The van der Waals surface area contributed by atoms with Crippen LogP contribution in [-0.4, -0.2) is 45.7 Å². The van der Waals surface area contributed by atoms with Crippen LogP contribution >= 0.6 is 0 Å². The fraction of sp³-hybridized carbons (Fsp3) is 0.583. The summed E-state index contributed by atoms with van der Waals surface area (Å²) in [7, 11) is 1.34. The summed E-state index contributed by atoms with van der Waals surface area (Å²) in [5.74, 6) is 1.61. The van der Waals surface area contributed by atoms with Crippen molar-refractivity contribution < 1.29 is 4.21 Å². The SMILES string of the molecule is CNCc1ccc(CN2CCS(=O)CC2)nc1. The molecule has 1 N–H and O–H groups in total. The summed E-state index contributed by atoms with van der Waals surface area (Å²) in [5, 5.41) is 3.11. The summed E-state index contributed by atoms with van der Waals surface area (Å²) in [6, 6.07) is 4.19. The highest BCUT2D eigenvalue weighted by Crippen LogP contribution is 2.07. The van der Waals surface area contributed by atoms with E-state index < -0.39 is 10.8 Å². The molecule has 0 bridgehead atoms. The molecule has 0 aliphatic carbocycles. The van der Waals surface area contributed by atoms with Gasteiger partial charge in [0.15, 0.2) is 0 Å². The van der Waals surface area contributed by atoms with Gasteiger partial charge in [0, 0.05) is 54.7 Å². The molecule has 17 heavy (non-hydrogen) atoms. The maximum atomic E-state index is 11.2. The van der Waals surface area contributed by atoms with E-state index in [4.69, 9.17) is 0 Å². The van der Waals surface area contributed by atoms with Gasteiger partial charge in [-0.3, -0.25) is 14.1 Å². The monoisotopic (exact) mass is 253 g/mol. The van der Waals surface area contributed by atoms with Crippen molar-refractivity contribution >= 4 is 10.8 Å². The maximum absolute atomic E-state index is 11.2. The largest absolute Gasteiger partial charge is 0.316 e. The molecule has 5 heteroatoms. The zero-order chi connectivity index (χ0) is 12.1. The number of rotatable bonds is 4. The smallest absolute Gasteiger partial charge is 0.0544 e. The summed E-state index contributed by atoms with van der Waals surface area (Å²) < 4.78 is 11.2. The Labute approximate surface area is 105 Å². The highest BCUT2D eigenvalue weighted by molar-refractivity contribution is 7.85. The molecule has 2 rings (SSSR count).